The van der Waals surface area contributed by atoms with Gasteiger partial charge in [-0.1, -0.05) is 0 Å². The number of urea groups is 1. The minimum Gasteiger partial charge on any atom is -0.454 e. The number of nitrogens with one attached hydrogen (secondary N) is 1. The van der Waals surface area contributed by atoms with E-state index in [0.717, 1.165) is 36.4 Å². The van der Waals surface area contributed by atoms with Crippen molar-refractivity contribution in [1.82, 2.24) is 4.90 Å². The zero-order valence-corrected chi connectivity index (χ0v) is 11.9. The van der Waals surface area contributed by atoms with Gasteiger partial charge < -0.3 is 19.7 Å². The number of likely N-dealkylation sites (tertiary alicyclic amines) is 1. The highest BCUT2D eigenvalue weighted by atomic mass is 16.7. The Hall–Kier alpha value is -1.91. The number of hydrogen-bond donors (Lipinski definition) is 1. The van der Waals surface area contributed by atoms with Gasteiger partial charge in [-0.2, -0.15) is 0 Å². The maximum absolute atomic E-state index is 12.4. The standard InChI is InChI=1S/C15H20N2O3/c1-10-7-13-14(20-9-19-13)8-12(10)16-15(18)17-6-4-3-5-11(17)2/h7-8,11H,3-6,9H2,1-2H3,(H,16,18)/t11-/m0/s1. The van der Waals surface area contributed by atoms with Crippen LogP contribution in [-0.4, -0.2) is 30.3 Å². The van der Waals surface area contributed by atoms with Crippen molar-refractivity contribution in [3.63, 3.8) is 0 Å². The van der Waals surface area contributed by atoms with Crippen molar-refractivity contribution in [3.8, 4) is 11.5 Å². The Morgan fingerprint density at radius 3 is 2.80 bits per heavy atom. The third kappa shape index (κ3) is 2.40. The first-order valence-electron chi connectivity index (χ1n) is 7.13. The Kier molecular flexibility index (Phi) is 3.42. The second-order valence-corrected chi connectivity index (χ2v) is 5.49. The summed E-state index contributed by atoms with van der Waals surface area (Å²) < 4.78 is 10.7. The summed E-state index contributed by atoms with van der Waals surface area (Å²) in [7, 11) is 0. The van der Waals surface area contributed by atoms with E-state index in [1.54, 1.807) is 0 Å². The molecule has 3 rings (SSSR count). The van der Waals surface area contributed by atoms with E-state index in [4.69, 9.17) is 9.47 Å². The van der Waals surface area contributed by atoms with E-state index in [9.17, 15) is 4.79 Å². The van der Waals surface area contributed by atoms with Gasteiger partial charge in [-0.3, -0.25) is 0 Å². The minimum absolute atomic E-state index is 0.0286. The number of carbonyl (C=O) groups is 1. The highest BCUT2D eigenvalue weighted by Crippen LogP contribution is 2.36. The molecule has 2 heterocycles. The highest BCUT2D eigenvalue weighted by Gasteiger charge is 2.24. The van der Waals surface area contributed by atoms with Gasteiger partial charge in [0.2, 0.25) is 6.79 Å². The second-order valence-electron chi connectivity index (χ2n) is 5.49. The molecule has 1 aromatic carbocycles. The fourth-order valence-corrected chi connectivity index (χ4v) is 2.77. The molecule has 1 fully saturated rings. The van der Waals surface area contributed by atoms with Crippen molar-refractivity contribution >= 4 is 11.7 Å². The first kappa shape index (κ1) is 13.1. The van der Waals surface area contributed by atoms with Gasteiger partial charge in [-0.15, -0.1) is 0 Å². The summed E-state index contributed by atoms with van der Waals surface area (Å²) in [5.41, 5.74) is 1.77. The molecule has 0 bridgehead atoms. The lowest BCUT2D eigenvalue weighted by Crippen LogP contribution is -2.44. The molecule has 0 radical (unpaired) electrons. The molecule has 0 aliphatic carbocycles. The Labute approximate surface area is 118 Å². The van der Waals surface area contributed by atoms with Crippen LogP contribution in [0.25, 0.3) is 0 Å². The monoisotopic (exact) mass is 276 g/mol. The van der Waals surface area contributed by atoms with Crippen LogP contribution in [0, 0.1) is 6.92 Å². The average Bonchev–Trinajstić information content (AvgIpc) is 2.86. The van der Waals surface area contributed by atoms with Crippen LogP contribution < -0.4 is 14.8 Å². The quantitative estimate of drug-likeness (QED) is 0.857. The van der Waals surface area contributed by atoms with Crippen molar-refractivity contribution in [3.05, 3.63) is 17.7 Å². The summed E-state index contributed by atoms with van der Waals surface area (Å²) in [6.45, 7) is 5.13. The molecule has 2 amide bonds. The van der Waals surface area contributed by atoms with Crippen molar-refractivity contribution in [2.45, 2.75) is 39.2 Å². The number of rotatable bonds is 1. The van der Waals surface area contributed by atoms with Crippen molar-refractivity contribution in [2.24, 2.45) is 0 Å². The van der Waals surface area contributed by atoms with Crippen LogP contribution >= 0.6 is 0 Å². The SMILES string of the molecule is Cc1cc2c(cc1NC(=O)N1CCCC[C@@H]1C)OCO2. The number of anilines is 1. The number of ether oxygens (including phenoxy) is 2. The van der Waals surface area contributed by atoms with E-state index in [-0.39, 0.29) is 12.8 Å². The second kappa shape index (κ2) is 5.23. The molecule has 5 nitrogen and oxygen atoms in total. The number of aryl methyl sites for hydroxylation is 1. The molecule has 1 aromatic rings. The maximum atomic E-state index is 12.4. The smallest absolute Gasteiger partial charge is 0.322 e. The van der Waals surface area contributed by atoms with Gasteiger partial charge in [-0.25, -0.2) is 4.79 Å². The lowest BCUT2D eigenvalue weighted by molar-refractivity contribution is 0.170. The van der Waals surface area contributed by atoms with Gasteiger partial charge in [0.05, 0.1) is 0 Å². The van der Waals surface area contributed by atoms with Gasteiger partial charge in [-0.05, 0) is 44.7 Å². The molecule has 0 aromatic heterocycles. The summed E-state index contributed by atoms with van der Waals surface area (Å²) in [5.74, 6) is 1.43. The van der Waals surface area contributed by atoms with Gasteiger partial charge in [0.1, 0.15) is 0 Å². The largest absolute Gasteiger partial charge is 0.454 e. The molecule has 1 N–H and O–H groups in total. The first-order valence-corrected chi connectivity index (χ1v) is 7.13. The third-order valence-electron chi connectivity index (χ3n) is 4.03. The minimum atomic E-state index is -0.0286. The number of piperidine rings is 1. The van der Waals surface area contributed by atoms with E-state index in [1.807, 2.05) is 24.0 Å². The number of nitrogens with zero attached hydrogens (tertiary/aromatic N) is 1. The molecule has 20 heavy (non-hydrogen) atoms. The van der Waals surface area contributed by atoms with Crippen molar-refractivity contribution in [1.29, 1.82) is 0 Å². The van der Waals surface area contributed by atoms with Gasteiger partial charge >= 0.3 is 6.03 Å². The van der Waals surface area contributed by atoms with E-state index < -0.39 is 0 Å². The Morgan fingerprint density at radius 1 is 1.30 bits per heavy atom. The average molecular weight is 276 g/mol. The molecule has 108 valence electrons. The zero-order valence-electron chi connectivity index (χ0n) is 11.9. The third-order valence-corrected chi connectivity index (χ3v) is 4.03. The highest BCUT2D eigenvalue weighted by molar-refractivity contribution is 5.91. The molecule has 5 heteroatoms. The fourth-order valence-electron chi connectivity index (χ4n) is 2.77. The summed E-state index contributed by atoms with van der Waals surface area (Å²) >= 11 is 0. The van der Waals surface area contributed by atoms with E-state index >= 15 is 0 Å². The molecule has 0 spiro atoms. The number of fused-ring (bicyclic) bond motifs is 1. The van der Waals surface area contributed by atoms with Gasteiger partial charge in [0, 0.05) is 24.3 Å². The lowest BCUT2D eigenvalue weighted by atomic mass is 10.0. The number of amides is 2. The number of carbonyl (C=O) groups excluding carboxylic acids is 1. The van der Waals surface area contributed by atoms with Crippen LogP contribution in [0.4, 0.5) is 10.5 Å². The van der Waals surface area contributed by atoms with Crippen LogP contribution in [-0.2, 0) is 0 Å². The molecule has 2 aliphatic heterocycles. The lowest BCUT2D eigenvalue weighted by Gasteiger charge is -2.33. The van der Waals surface area contributed by atoms with Crippen LogP contribution in [0.5, 0.6) is 11.5 Å². The molecule has 1 saturated heterocycles. The Balaban J connectivity index is 1.75. The normalized spacial score (nSPS) is 20.9. The molecule has 0 saturated carbocycles. The molecule has 1 atom stereocenters. The van der Waals surface area contributed by atoms with Gasteiger partial charge in [0.15, 0.2) is 11.5 Å². The van der Waals surface area contributed by atoms with E-state index in [1.165, 1.54) is 6.42 Å². The number of hydrogen-bond acceptors (Lipinski definition) is 3. The van der Waals surface area contributed by atoms with Gasteiger partial charge in [0.25, 0.3) is 0 Å². The van der Waals surface area contributed by atoms with E-state index in [0.29, 0.717) is 11.8 Å². The van der Waals surface area contributed by atoms with Crippen LogP contribution in [0.2, 0.25) is 0 Å². The van der Waals surface area contributed by atoms with Crippen LogP contribution in [0.1, 0.15) is 31.7 Å². The first-order chi connectivity index (χ1) is 9.65. The van der Waals surface area contributed by atoms with Crippen LogP contribution in [0.3, 0.4) is 0 Å². The summed E-state index contributed by atoms with van der Waals surface area (Å²) in [6, 6.07) is 4.01. The summed E-state index contributed by atoms with van der Waals surface area (Å²) in [4.78, 5) is 14.3. The molecular weight excluding hydrogens is 256 g/mol. The Morgan fingerprint density at radius 2 is 2.05 bits per heavy atom. The zero-order chi connectivity index (χ0) is 14.1. The predicted molar refractivity (Wildman–Crippen MR) is 76.3 cm³/mol. The topological polar surface area (TPSA) is 50.8 Å². The number of benzene rings is 1. The Bertz CT molecular complexity index is 530. The van der Waals surface area contributed by atoms with Crippen LogP contribution in [0.15, 0.2) is 12.1 Å². The fraction of sp³-hybridized carbons (Fsp3) is 0.533. The molecule has 2 aliphatic rings. The predicted octanol–water partition coefficient (Wildman–Crippen LogP) is 3.13. The molecule has 0 unspecified atom stereocenters. The summed E-state index contributed by atoms with van der Waals surface area (Å²) in [5, 5.41) is 2.99. The van der Waals surface area contributed by atoms with E-state index in [2.05, 4.69) is 12.2 Å². The summed E-state index contributed by atoms with van der Waals surface area (Å²) in [6.07, 6.45) is 3.36. The van der Waals surface area contributed by atoms with Crippen molar-refractivity contribution in [2.75, 3.05) is 18.7 Å². The van der Waals surface area contributed by atoms with Crippen molar-refractivity contribution < 1.29 is 14.3 Å². The maximum Gasteiger partial charge on any atom is 0.322 e. The molecular formula is C15H20N2O3.